The van der Waals surface area contributed by atoms with Crippen LogP contribution in [0.5, 0.6) is 11.5 Å². The number of aromatic hydroxyl groups is 2. The number of hydrogen-bond donors (Lipinski definition) is 2. The van der Waals surface area contributed by atoms with E-state index in [1.165, 1.54) is 0 Å². The molecule has 0 amide bonds. The molecule has 0 saturated carbocycles. The Morgan fingerprint density at radius 3 is 2.31 bits per heavy atom. The largest absolute Gasteiger partial charge is 0.508 e. The Morgan fingerprint density at radius 2 is 1.62 bits per heavy atom. The number of hydrogen-bond acceptors (Lipinski definition) is 4. The molecule has 1 aromatic heterocycles. The van der Waals surface area contributed by atoms with Crippen LogP contribution in [0.2, 0.25) is 0 Å². The summed E-state index contributed by atoms with van der Waals surface area (Å²) >= 11 is 0. The van der Waals surface area contributed by atoms with E-state index in [2.05, 4.69) is 11.8 Å². The van der Waals surface area contributed by atoms with Gasteiger partial charge in [-0.15, -0.1) is 0 Å². The second kappa shape index (κ2) is 7.91. The fourth-order valence-corrected chi connectivity index (χ4v) is 2.93. The molecular weight excluding hydrogens is 324 g/mol. The summed E-state index contributed by atoms with van der Waals surface area (Å²) in [6.07, 6.45) is 2.24. The zero-order chi connectivity index (χ0) is 18.5. The highest BCUT2D eigenvalue weighted by Crippen LogP contribution is 2.37. The van der Waals surface area contributed by atoms with Crippen LogP contribution in [0.1, 0.15) is 19.8 Å². The Morgan fingerprint density at radius 1 is 0.885 bits per heavy atom. The number of rotatable bonds is 6. The molecule has 1 heterocycles. The van der Waals surface area contributed by atoms with Crippen LogP contribution in [-0.4, -0.2) is 28.8 Å². The number of phenols is 2. The van der Waals surface area contributed by atoms with Crippen LogP contribution >= 0.6 is 0 Å². The lowest BCUT2D eigenvalue weighted by atomic mass is 9.98. The van der Waals surface area contributed by atoms with Gasteiger partial charge in [-0.2, -0.15) is 0 Å². The molecule has 3 rings (SSSR count). The van der Waals surface area contributed by atoms with Gasteiger partial charge in [-0.05, 0) is 48.9 Å². The minimum atomic E-state index is 0.217. The maximum absolute atomic E-state index is 10.3. The third-order valence-electron chi connectivity index (χ3n) is 4.45. The Hall–Kier alpha value is -3.01. The van der Waals surface area contributed by atoms with Crippen molar-refractivity contribution < 1.29 is 10.2 Å². The van der Waals surface area contributed by atoms with Crippen molar-refractivity contribution in [3.05, 3.63) is 60.7 Å². The van der Waals surface area contributed by atoms with Crippen molar-refractivity contribution in [1.82, 2.24) is 4.98 Å². The lowest BCUT2D eigenvalue weighted by molar-refractivity contribution is 0.475. The van der Waals surface area contributed by atoms with E-state index in [4.69, 9.17) is 4.98 Å². The van der Waals surface area contributed by atoms with Crippen molar-refractivity contribution in [1.29, 1.82) is 0 Å². The Kier molecular flexibility index (Phi) is 5.42. The summed E-state index contributed by atoms with van der Waals surface area (Å²) in [6, 6.07) is 18.2. The van der Waals surface area contributed by atoms with E-state index in [-0.39, 0.29) is 11.5 Å². The van der Waals surface area contributed by atoms with E-state index in [0.29, 0.717) is 0 Å². The van der Waals surface area contributed by atoms with Crippen molar-refractivity contribution in [2.75, 3.05) is 18.5 Å². The quantitative estimate of drug-likeness (QED) is 0.653. The molecule has 0 unspecified atom stereocenters. The molecule has 0 bridgehead atoms. The maximum Gasteiger partial charge on any atom is 0.129 e. The summed E-state index contributed by atoms with van der Waals surface area (Å²) in [5, 5.41) is 19.9. The molecule has 4 heteroatoms. The highest BCUT2D eigenvalue weighted by atomic mass is 16.3. The van der Waals surface area contributed by atoms with E-state index in [1.807, 2.05) is 43.4 Å². The molecule has 0 fully saturated rings. The van der Waals surface area contributed by atoms with Gasteiger partial charge in [0.25, 0.3) is 0 Å². The van der Waals surface area contributed by atoms with E-state index in [0.717, 1.165) is 47.6 Å². The summed E-state index contributed by atoms with van der Waals surface area (Å²) in [6.45, 7) is 3.11. The van der Waals surface area contributed by atoms with E-state index in [1.54, 1.807) is 24.3 Å². The lowest BCUT2D eigenvalue weighted by Gasteiger charge is -2.20. The van der Waals surface area contributed by atoms with Crippen LogP contribution in [0, 0.1) is 0 Å². The summed E-state index contributed by atoms with van der Waals surface area (Å²) in [4.78, 5) is 7.02. The molecule has 0 spiro atoms. The number of pyridine rings is 1. The second-order valence-electron chi connectivity index (χ2n) is 6.40. The molecular formula is C22H24N2O2. The smallest absolute Gasteiger partial charge is 0.129 e. The molecule has 0 saturated heterocycles. The molecule has 134 valence electrons. The zero-order valence-electron chi connectivity index (χ0n) is 15.2. The first-order chi connectivity index (χ1) is 12.6. The number of anilines is 1. The van der Waals surface area contributed by atoms with Gasteiger partial charge in [0.2, 0.25) is 0 Å². The Bertz CT molecular complexity index is 876. The molecule has 0 radical (unpaired) electrons. The number of para-hydroxylation sites is 1. The average molecular weight is 348 g/mol. The van der Waals surface area contributed by atoms with Crippen molar-refractivity contribution in [3.8, 4) is 33.9 Å². The summed E-state index contributed by atoms with van der Waals surface area (Å²) < 4.78 is 0. The molecule has 0 aliphatic carbocycles. The lowest BCUT2D eigenvalue weighted by Crippen LogP contribution is -2.19. The molecule has 26 heavy (non-hydrogen) atoms. The fourth-order valence-electron chi connectivity index (χ4n) is 2.93. The van der Waals surface area contributed by atoms with Crippen LogP contribution < -0.4 is 4.90 Å². The number of nitrogens with zero attached hydrogens (tertiary/aromatic N) is 2. The predicted octanol–water partition coefficient (Wildman–Crippen LogP) is 5.06. The third kappa shape index (κ3) is 3.80. The second-order valence-corrected chi connectivity index (χ2v) is 6.40. The Balaban J connectivity index is 2.12. The highest BCUT2D eigenvalue weighted by molar-refractivity contribution is 5.84. The zero-order valence-corrected chi connectivity index (χ0v) is 15.2. The monoisotopic (exact) mass is 348 g/mol. The van der Waals surface area contributed by atoms with Crippen molar-refractivity contribution in [2.24, 2.45) is 0 Å². The van der Waals surface area contributed by atoms with Crippen LogP contribution in [0.4, 0.5) is 5.82 Å². The third-order valence-corrected chi connectivity index (χ3v) is 4.45. The van der Waals surface area contributed by atoms with Crippen molar-refractivity contribution in [3.63, 3.8) is 0 Å². The first-order valence-corrected chi connectivity index (χ1v) is 8.90. The van der Waals surface area contributed by atoms with Crippen LogP contribution in [-0.2, 0) is 0 Å². The number of benzene rings is 2. The highest BCUT2D eigenvalue weighted by Gasteiger charge is 2.14. The van der Waals surface area contributed by atoms with E-state index >= 15 is 0 Å². The molecule has 2 N–H and O–H groups in total. The normalized spacial score (nSPS) is 10.7. The van der Waals surface area contributed by atoms with Crippen molar-refractivity contribution in [2.45, 2.75) is 19.8 Å². The van der Waals surface area contributed by atoms with Gasteiger partial charge in [0, 0.05) is 30.3 Å². The van der Waals surface area contributed by atoms with Gasteiger partial charge in [-0.3, -0.25) is 0 Å². The standard InChI is InChI=1S/C22H24N2O2/c1-3-4-15-24(2)21-14-13-19(18-7-5-6-8-20(18)26)22(23-21)16-9-11-17(25)12-10-16/h5-14,25-26H,3-4,15H2,1-2H3. The van der Waals surface area contributed by atoms with Gasteiger partial charge in [0.15, 0.2) is 0 Å². The van der Waals surface area contributed by atoms with Gasteiger partial charge in [-0.25, -0.2) is 4.98 Å². The maximum atomic E-state index is 10.3. The van der Waals surface area contributed by atoms with Crippen LogP contribution in [0.15, 0.2) is 60.7 Å². The fraction of sp³-hybridized carbons (Fsp3) is 0.227. The summed E-state index contributed by atoms with van der Waals surface area (Å²) in [5.41, 5.74) is 3.28. The Labute approximate surface area is 154 Å². The first kappa shape index (κ1) is 17.8. The first-order valence-electron chi connectivity index (χ1n) is 8.90. The van der Waals surface area contributed by atoms with Gasteiger partial charge >= 0.3 is 0 Å². The molecule has 0 atom stereocenters. The molecule has 3 aromatic rings. The molecule has 4 nitrogen and oxygen atoms in total. The minimum Gasteiger partial charge on any atom is -0.508 e. The summed E-state index contributed by atoms with van der Waals surface area (Å²) in [7, 11) is 2.04. The van der Waals surface area contributed by atoms with Gasteiger partial charge in [0.05, 0.1) is 5.69 Å². The van der Waals surface area contributed by atoms with Crippen LogP contribution in [0.25, 0.3) is 22.4 Å². The number of aromatic nitrogens is 1. The van der Waals surface area contributed by atoms with Crippen LogP contribution in [0.3, 0.4) is 0 Å². The van der Waals surface area contributed by atoms with E-state index in [9.17, 15) is 10.2 Å². The topological polar surface area (TPSA) is 56.6 Å². The van der Waals surface area contributed by atoms with E-state index < -0.39 is 0 Å². The number of phenolic OH excluding ortho intramolecular Hbond substituents is 2. The SMILES string of the molecule is CCCCN(C)c1ccc(-c2ccccc2O)c(-c2ccc(O)cc2)n1. The predicted molar refractivity (Wildman–Crippen MR) is 107 cm³/mol. The minimum absolute atomic E-state index is 0.217. The van der Waals surface area contributed by atoms with Gasteiger partial charge in [-0.1, -0.05) is 31.5 Å². The molecule has 0 aliphatic heterocycles. The molecule has 2 aromatic carbocycles. The number of unbranched alkanes of at least 4 members (excludes halogenated alkanes) is 1. The van der Waals surface area contributed by atoms with Gasteiger partial charge in [0.1, 0.15) is 17.3 Å². The summed E-state index contributed by atoms with van der Waals surface area (Å²) in [5.74, 6) is 1.33. The van der Waals surface area contributed by atoms with Crippen molar-refractivity contribution >= 4 is 5.82 Å². The molecule has 0 aliphatic rings. The average Bonchev–Trinajstić information content (AvgIpc) is 2.67. The van der Waals surface area contributed by atoms with Gasteiger partial charge < -0.3 is 15.1 Å².